The van der Waals surface area contributed by atoms with Crippen LogP contribution in [0.5, 0.6) is 5.75 Å². The molecule has 2 aliphatic carbocycles. The highest BCUT2D eigenvalue weighted by Crippen LogP contribution is 2.46. The van der Waals surface area contributed by atoms with Crippen LogP contribution in [-0.4, -0.2) is 228 Å². The van der Waals surface area contributed by atoms with E-state index in [-0.39, 0.29) is 66.0 Å². The third-order valence-corrected chi connectivity index (χ3v) is 27.0. The fourth-order valence-corrected chi connectivity index (χ4v) is 19.3. The number of alkyl halides is 3. The molecular formula is C83H107ClF3N13O13S3. The number of rotatable bonds is 34. The first kappa shape index (κ1) is 87.1. The number of halogens is 4. The number of aryl methyl sites for hydroxylation is 2. The van der Waals surface area contributed by atoms with Gasteiger partial charge in [0.1, 0.15) is 41.3 Å². The predicted octanol–water partition coefficient (Wildman–Crippen LogP) is 10.3. The standard InChI is InChI=1S/C83H107ClF3N13O13S3/c1-56(88-6)77(102)91-72-31-43-113-75-51-82(4,5)76(100(75)80(72)105)79(104)90-70-15-10-12-59-48-65(25-27-69(59)70)112-47-46-110-44-45-111-54-63-53-99(94-92-63)33-11-16-74(101)98-41-35-95(36-42-98)34-30-62(55-114-66-13-8-7-9-14-66)89-71-28-26-67(49-73(71)115(106,107)83(85,86)87)116(108,109)93-78(103)58-19-23-64(24-20-58)97-39-37-96(38-40-97)52-60-50-81(2,3)32-29-68(60)57-17-21-61(84)22-18-57/h7-9,13-14,17-28,48-49,53,56,62,70,72,75-76,88-89H,10-12,15-16,29-47,50-52,54-55H2,1-6H3,(H,90,104)(H,91,102)(H,93,103)/t56-,62+,70+,72-,75-,76+/m0/s1. The van der Waals surface area contributed by atoms with Gasteiger partial charge in [-0.1, -0.05) is 86.5 Å². The van der Waals surface area contributed by atoms with Crippen LogP contribution in [-0.2, 0) is 72.8 Å². The number of carbonyl (C=O) groups excluding carboxylic acids is 5. The minimum atomic E-state index is -6.17. The summed E-state index contributed by atoms with van der Waals surface area (Å²) < 4.78 is 126. The molecule has 5 amide bonds. The summed E-state index contributed by atoms with van der Waals surface area (Å²) in [5.41, 5.74) is 0.803. The first-order chi connectivity index (χ1) is 55.4. The van der Waals surface area contributed by atoms with E-state index in [1.54, 1.807) is 46.8 Å². The summed E-state index contributed by atoms with van der Waals surface area (Å²) >= 11 is 7.64. The number of nitrogens with one attached hydrogen (secondary N) is 5. The second-order valence-corrected chi connectivity index (χ2v) is 37.3. The van der Waals surface area contributed by atoms with E-state index in [2.05, 4.69) is 72.3 Å². The molecule has 4 saturated heterocycles. The van der Waals surface area contributed by atoms with Gasteiger partial charge in [-0.15, -0.1) is 16.9 Å². The lowest BCUT2D eigenvalue weighted by Gasteiger charge is -2.39. The number of sulfonamides is 1. The van der Waals surface area contributed by atoms with Crippen LogP contribution >= 0.6 is 23.4 Å². The van der Waals surface area contributed by atoms with Gasteiger partial charge in [0, 0.05) is 118 Å². The maximum Gasteiger partial charge on any atom is 0.501 e. The van der Waals surface area contributed by atoms with Gasteiger partial charge >= 0.3 is 5.51 Å². The highest BCUT2D eigenvalue weighted by Gasteiger charge is 2.55. The largest absolute Gasteiger partial charge is 0.501 e. The Kier molecular flexibility index (Phi) is 29.1. The summed E-state index contributed by atoms with van der Waals surface area (Å²) in [6, 6.07) is 28.9. The highest BCUT2D eigenvalue weighted by atomic mass is 35.5. The summed E-state index contributed by atoms with van der Waals surface area (Å²) in [5, 5.41) is 21.2. The van der Waals surface area contributed by atoms with Crippen molar-refractivity contribution in [3.8, 4) is 5.75 Å². The number of likely N-dealkylation sites (N-methyl/N-ethyl adjacent to an activating group) is 1. The molecule has 5 aromatic carbocycles. The molecule has 116 heavy (non-hydrogen) atoms. The lowest BCUT2D eigenvalue weighted by molar-refractivity contribution is -0.150. The molecule has 5 heterocycles. The van der Waals surface area contributed by atoms with Crippen molar-refractivity contribution in [1.82, 2.24) is 55.3 Å². The van der Waals surface area contributed by atoms with Crippen LogP contribution in [0.25, 0.3) is 5.57 Å². The highest BCUT2D eigenvalue weighted by molar-refractivity contribution is 7.99. The van der Waals surface area contributed by atoms with Crippen LogP contribution in [0.4, 0.5) is 24.5 Å². The molecule has 26 nitrogen and oxygen atoms in total. The predicted molar refractivity (Wildman–Crippen MR) is 437 cm³/mol. The monoisotopic (exact) mass is 1680 g/mol. The van der Waals surface area contributed by atoms with Gasteiger partial charge < -0.3 is 54.9 Å². The van der Waals surface area contributed by atoms with Crippen molar-refractivity contribution in [2.45, 2.75) is 175 Å². The van der Waals surface area contributed by atoms with Gasteiger partial charge in [0.2, 0.25) is 23.6 Å². The van der Waals surface area contributed by atoms with Crippen molar-refractivity contribution < 1.29 is 72.9 Å². The number of piperazine rings is 2. The second-order valence-electron chi connectivity index (χ2n) is 32.2. The van der Waals surface area contributed by atoms with Gasteiger partial charge in [-0.3, -0.25) is 38.5 Å². The average molecular weight is 1680 g/mol. The Labute approximate surface area is 687 Å². The van der Waals surface area contributed by atoms with E-state index >= 15 is 0 Å². The minimum absolute atomic E-state index is 0.0285. The average Bonchev–Trinajstić information content (AvgIpc) is 1.50. The molecule has 0 saturated carbocycles. The number of sulfone groups is 1. The van der Waals surface area contributed by atoms with Crippen LogP contribution in [0.1, 0.15) is 138 Å². The maximum absolute atomic E-state index is 14.6. The molecule has 4 fully saturated rings. The molecule has 0 radical (unpaired) electrons. The molecule has 6 aromatic rings. The quantitative estimate of drug-likeness (QED) is 0.0185. The zero-order chi connectivity index (χ0) is 82.5. The minimum Gasteiger partial charge on any atom is -0.491 e. The molecule has 0 unspecified atom stereocenters. The van der Waals surface area contributed by atoms with Gasteiger partial charge in [0.25, 0.3) is 25.8 Å². The van der Waals surface area contributed by atoms with Crippen LogP contribution < -0.4 is 35.6 Å². The van der Waals surface area contributed by atoms with Crippen molar-refractivity contribution in [3.63, 3.8) is 0 Å². The number of hydrogen-bond donors (Lipinski definition) is 5. The molecule has 33 heteroatoms. The molecule has 12 rings (SSSR count). The SMILES string of the molecule is CN[C@@H](C)C(=O)N[C@H]1CCO[C@H]2CC(C)(C)[C@@H](C(=O)N[C@@H]3CCCc4cc(OCCOCCOCc5cn(CCCC(=O)N6CCN(CC[C@H](CSc7ccccc7)Nc7ccc(S(=O)(=O)NC(=O)c8ccc(N9CCN(CC%10=C(c%11ccc(Cl)cc%11)CCC(C)(C)C%10)CC9)cc8)cc7S(=O)(=O)C(F)(F)F)CC6)nn5)ccc43)N2C1=O. The van der Waals surface area contributed by atoms with E-state index in [1.165, 1.54) is 40.6 Å². The molecule has 0 bridgehead atoms. The first-order valence-corrected chi connectivity index (χ1v) is 44.3. The zero-order valence-corrected chi connectivity index (χ0v) is 69.8. The topological polar surface area (TPSA) is 298 Å². The molecule has 0 spiro atoms. The van der Waals surface area contributed by atoms with Crippen molar-refractivity contribution in [3.05, 3.63) is 160 Å². The van der Waals surface area contributed by atoms with Gasteiger partial charge in [-0.25, -0.2) is 21.6 Å². The Balaban J connectivity index is 0.557. The number of ether oxygens (including phenoxy) is 4. The molecular weight excluding hydrogens is 1580 g/mol. The van der Waals surface area contributed by atoms with E-state index < -0.39 is 82.6 Å². The van der Waals surface area contributed by atoms with Crippen molar-refractivity contribution in [2.24, 2.45) is 10.8 Å². The fourth-order valence-electron chi connectivity index (χ4n) is 16.1. The van der Waals surface area contributed by atoms with Gasteiger partial charge in [0.05, 0.1) is 61.9 Å². The number of benzene rings is 5. The Morgan fingerprint density at radius 2 is 1.52 bits per heavy atom. The number of fused-ring (bicyclic) bond motifs is 2. The lowest BCUT2D eigenvalue weighted by atomic mass is 9.73. The molecule has 5 N–H and O–H groups in total. The number of allylic oxidation sites excluding steroid dienone is 1. The maximum atomic E-state index is 14.6. The van der Waals surface area contributed by atoms with Crippen LogP contribution in [0.15, 0.2) is 142 Å². The molecule has 4 aliphatic heterocycles. The van der Waals surface area contributed by atoms with Crippen LogP contribution in [0, 0.1) is 10.8 Å². The number of carbonyl (C=O) groups is 5. The normalized spacial score (nSPS) is 20.6. The van der Waals surface area contributed by atoms with Crippen molar-refractivity contribution in [2.75, 3.05) is 121 Å². The summed E-state index contributed by atoms with van der Waals surface area (Å²) in [6.07, 6.45) is 8.58. The molecule has 6 atom stereocenters. The van der Waals surface area contributed by atoms with E-state index in [0.717, 1.165) is 92.0 Å². The number of hydrogen-bond acceptors (Lipinski definition) is 21. The summed E-state index contributed by atoms with van der Waals surface area (Å²) in [4.78, 5) is 77.0. The summed E-state index contributed by atoms with van der Waals surface area (Å²) in [6.45, 7) is 18.6. The van der Waals surface area contributed by atoms with E-state index in [0.29, 0.717) is 127 Å². The second kappa shape index (κ2) is 38.7. The number of nitrogens with zero attached hydrogens (tertiary/aromatic N) is 8. The molecule has 1 aromatic heterocycles. The van der Waals surface area contributed by atoms with E-state index in [9.17, 15) is 54.0 Å². The fraction of sp³-hybridized carbons (Fsp3) is 0.530. The Morgan fingerprint density at radius 1 is 0.793 bits per heavy atom. The Hall–Kier alpha value is -8.18. The molecule has 6 aliphatic rings. The lowest BCUT2D eigenvalue weighted by Crippen LogP contribution is -2.58. The number of aromatic nitrogens is 3. The number of anilines is 2. The third-order valence-electron chi connectivity index (χ3n) is 22.7. The summed E-state index contributed by atoms with van der Waals surface area (Å²) in [5.74, 6) is -1.00. The third kappa shape index (κ3) is 22.4. The van der Waals surface area contributed by atoms with Gasteiger partial charge in [-0.05, 0) is 184 Å². The smallest absolute Gasteiger partial charge is 0.491 e. The van der Waals surface area contributed by atoms with E-state index in [1.807, 2.05) is 79.2 Å². The molecule has 628 valence electrons. The van der Waals surface area contributed by atoms with Crippen LogP contribution in [0.3, 0.4) is 0 Å². The Bertz CT molecular complexity index is 4680. The number of amides is 5. The summed E-state index contributed by atoms with van der Waals surface area (Å²) in [7, 11) is -9.44. The first-order valence-electron chi connectivity index (χ1n) is 39.9. The van der Waals surface area contributed by atoms with E-state index in [4.69, 9.17) is 30.5 Å². The van der Waals surface area contributed by atoms with Gasteiger partial charge in [-0.2, -0.15) is 13.2 Å². The van der Waals surface area contributed by atoms with Crippen molar-refractivity contribution >= 4 is 89.7 Å². The van der Waals surface area contributed by atoms with Crippen LogP contribution in [0.2, 0.25) is 5.02 Å². The number of thioether (sulfide) groups is 1. The van der Waals surface area contributed by atoms with Crippen molar-refractivity contribution in [1.29, 1.82) is 0 Å². The Morgan fingerprint density at radius 3 is 2.25 bits per heavy atom. The van der Waals surface area contributed by atoms with Gasteiger partial charge in [0.15, 0.2) is 0 Å². The zero-order valence-electron chi connectivity index (χ0n) is 66.6.